The molecular formula is C21H29N3O8S. The quantitative estimate of drug-likeness (QED) is 0.258. The van der Waals surface area contributed by atoms with Gasteiger partial charge in [0.25, 0.3) is 10.1 Å². The predicted octanol–water partition coefficient (Wildman–Crippen LogP) is 0.260. The van der Waals surface area contributed by atoms with Crippen molar-refractivity contribution in [1.82, 2.24) is 14.5 Å². The molecule has 1 aromatic carbocycles. The Balaban J connectivity index is 1.48. The normalized spacial score (nSPS) is 17.0. The first-order valence-electron chi connectivity index (χ1n) is 10.7. The van der Waals surface area contributed by atoms with Crippen LogP contribution in [0.15, 0.2) is 23.0 Å². The van der Waals surface area contributed by atoms with Crippen LogP contribution in [-0.2, 0) is 46.8 Å². The van der Waals surface area contributed by atoms with Gasteiger partial charge in [-0.3, -0.25) is 28.2 Å². The fraction of sp³-hybridized carbons (Fsp3) is 0.571. The Labute approximate surface area is 191 Å². The first-order chi connectivity index (χ1) is 15.7. The number of carbonyl (C=O) groups is 2. The molecule has 1 aliphatic rings. The highest BCUT2D eigenvalue weighted by atomic mass is 32.2. The minimum absolute atomic E-state index is 0.0188. The number of hydrogen-bond acceptors (Lipinski definition) is 8. The Morgan fingerprint density at radius 1 is 1.03 bits per heavy atom. The van der Waals surface area contributed by atoms with Crippen molar-refractivity contribution >= 4 is 33.0 Å². The minimum atomic E-state index is -3.44. The zero-order valence-corrected chi connectivity index (χ0v) is 19.6. The summed E-state index contributed by atoms with van der Waals surface area (Å²) in [4.78, 5) is 36.5. The maximum Gasteiger partial charge on any atom is 0.329 e. The molecular weight excluding hydrogens is 454 g/mol. The Morgan fingerprint density at radius 3 is 2.42 bits per heavy atom. The van der Waals surface area contributed by atoms with E-state index in [1.54, 1.807) is 7.05 Å². The molecule has 1 aliphatic heterocycles. The van der Waals surface area contributed by atoms with Crippen LogP contribution in [0, 0.1) is 0 Å². The largest absolute Gasteiger partial charge is 0.379 e. The Bertz CT molecular complexity index is 1170. The molecule has 2 aromatic rings. The summed E-state index contributed by atoms with van der Waals surface area (Å²) >= 11 is 0. The van der Waals surface area contributed by atoms with Gasteiger partial charge in [0.2, 0.25) is 11.8 Å². The number of aromatic nitrogens is 2. The van der Waals surface area contributed by atoms with Gasteiger partial charge in [-0.15, -0.1) is 0 Å². The highest BCUT2D eigenvalue weighted by molar-refractivity contribution is 7.85. The SMILES string of the molecule is Cn1c(=O)n(C2CCC(=O)NC2=O)c2ccc(CCCOCCOCCOS(C)(=O)=O)cc21. The van der Waals surface area contributed by atoms with Gasteiger partial charge < -0.3 is 9.47 Å². The number of carbonyl (C=O) groups excluding carboxylic acids is 2. The molecule has 1 N–H and O–H groups in total. The van der Waals surface area contributed by atoms with E-state index in [0.717, 1.165) is 30.2 Å². The highest BCUT2D eigenvalue weighted by Crippen LogP contribution is 2.24. The molecule has 2 amide bonds. The number of amides is 2. The summed E-state index contributed by atoms with van der Waals surface area (Å²) in [5.74, 6) is -0.768. The monoisotopic (exact) mass is 483 g/mol. The molecule has 1 saturated heterocycles. The van der Waals surface area contributed by atoms with Crippen LogP contribution in [-0.4, -0.2) is 68.7 Å². The summed E-state index contributed by atoms with van der Waals surface area (Å²) in [5.41, 5.74) is 2.14. The molecule has 1 unspecified atom stereocenters. The molecule has 3 rings (SSSR count). The van der Waals surface area contributed by atoms with Gasteiger partial charge in [-0.05, 0) is 37.0 Å². The van der Waals surface area contributed by atoms with E-state index in [-0.39, 0.29) is 31.2 Å². The lowest BCUT2D eigenvalue weighted by Gasteiger charge is -2.21. The second-order valence-corrected chi connectivity index (χ2v) is 9.50. The zero-order valence-electron chi connectivity index (χ0n) is 18.7. The average Bonchev–Trinajstić information content (AvgIpc) is 2.99. The lowest BCUT2D eigenvalue weighted by Crippen LogP contribution is -2.44. The van der Waals surface area contributed by atoms with Crippen LogP contribution in [0.1, 0.15) is 30.9 Å². The third kappa shape index (κ3) is 6.73. The van der Waals surface area contributed by atoms with E-state index < -0.39 is 22.1 Å². The third-order valence-corrected chi connectivity index (χ3v) is 5.92. The number of benzene rings is 1. The van der Waals surface area contributed by atoms with Crippen LogP contribution in [0.3, 0.4) is 0 Å². The van der Waals surface area contributed by atoms with Crippen LogP contribution in [0.5, 0.6) is 0 Å². The van der Waals surface area contributed by atoms with Crippen molar-refractivity contribution in [2.75, 3.05) is 39.3 Å². The fourth-order valence-electron chi connectivity index (χ4n) is 3.74. The van der Waals surface area contributed by atoms with Gasteiger partial charge in [-0.1, -0.05) is 6.07 Å². The summed E-state index contributed by atoms with van der Waals surface area (Å²) in [7, 11) is -1.78. The van der Waals surface area contributed by atoms with E-state index in [0.29, 0.717) is 31.8 Å². The molecule has 0 aliphatic carbocycles. The van der Waals surface area contributed by atoms with Crippen LogP contribution < -0.4 is 11.0 Å². The van der Waals surface area contributed by atoms with Gasteiger partial charge in [0.1, 0.15) is 6.04 Å². The van der Waals surface area contributed by atoms with Crippen LogP contribution in [0.2, 0.25) is 0 Å². The number of piperidine rings is 1. The van der Waals surface area contributed by atoms with Crippen molar-refractivity contribution in [3.63, 3.8) is 0 Å². The molecule has 12 heteroatoms. The smallest absolute Gasteiger partial charge is 0.329 e. The third-order valence-electron chi connectivity index (χ3n) is 5.33. The topological polar surface area (TPSA) is 135 Å². The number of ether oxygens (including phenoxy) is 2. The number of imidazole rings is 1. The number of hydrogen-bond donors (Lipinski definition) is 1. The van der Waals surface area contributed by atoms with Gasteiger partial charge in [0, 0.05) is 20.1 Å². The summed E-state index contributed by atoms with van der Waals surface area (Å²) in [5, 5.41) is 2.31. The second kappa shape index (κ2) is 11.1. The molecule has 33 heavy (non-hydrogen) atoms. The fourth-order valence-corrected chi connectivity index (χ4v) is 4.11. The molecule has 1 aromatic heterocycles. The van der Waals surface area contributed by atoms with Crippen molar-refractivity contribution in [3.05, 3.63) is 34.2 Å². The van der Waals surface area contributed by atoms with Crippen LogP contribution in [0.4, 0.5) is 0 Å². The summed E-state index contributed by atoms with van der Waals surface area (Å²) in [6.45, 7) is 1.41. The molecule has 0 radical (unpaired) electrons. The standard InChI is InChI=1S/C21H29N3O8S/c1-23-18-14-15(4-3-9-30-10-11-31-12-13-32-33(2,28)29)5-6-16(18)24(21(23)27)17-7-8-19(25)22-20(17)26/h5-6,14,17H,3-4,7-13H2,1-2H3,(H,22,25,26). The second-order valence-electron chi connectivity index (χ2n) is 7.86. The summed E-state index contributed by atoms with van der Waals surface area (Å²) in [6.07, 6.45) is 3.01. The molecule has 182 valence electrons. The number of aryl methyl sites for hydroxylation is 2. The zero-order chi connectivity index (χ0) is 24.0. The van der Waals surface area contributed by atoms with Gasteiger partial charge >= 0.3 is 5.69 Å². The molecule has 0 spiro atoms. The number of rotatable bonds is 12. The molecule has 11 nitrogen and oxygen atoms in total. The molecule has 2 heterocycles. The first-order valence-corrected chi connectivity index (χ1v) is 12.5. The lowest BCUT2D eigenvalue weighted by molar-refractivity contribution is -0.135. The van der Waals surface area contributed by atoms with Gasteiger partial charge in [0.15, 0.2) is 0 Å². The van der Waals surface area contributed by atoms with E-state index in [4.69, 9.17) is 9.47 Å². The van der Waals surface area contributed by atoms with Crippen molar-refractivity contribution in [2.45, 2.75) is 31.7 Å². The maximum atomic E-state index is 12.8. The van der Waals surface area contributed by atoms with Crippen molar-refractivity contribution < 1.29 is 31.7 Å². The number of nitrogens with one attached hydrogen (secondary N) is 1. The van der Waals surface area contributed by atoms with E-state index in [2.05, 4.69) is 9.50 Å². The number of fused-ring (bicyclic) bond motifs is 1. The van der Waals surface area contributed by atoms with E-state index >= 15 is 0 Å². The van der Waals surface area contributed by atoms with Crippen LogP contribution >= 0.6 is 0 Å². The molecule has 1 atom stereocenters. The number of imide groups is 1. The summed E-state index contributed by atoms with van der Waals surface area (Å²) in [6, 6.07) is 5.00. The van der Waals surface area contributed by atoms with Gasteiger partial charge in [0.05, 0.1) is 43.7 Å². The summed E-state index contributed by atoms with van der Waals surface area (Å²) < 4.78 is 39.9. The maximum absolute atomic E-state index is 12.8. The van der Waals surface area contributed by atoms with Crippen molar-refractivity contribution in [2.24, 2.45) is 7.05 Å². The number of nitrogens with zero attached hydrogens (tertiary/aromatic N) is 2. The first kappa shape index (κ1) is 25.1. The average molecular weight is 484 g/mol. The van der Waals surface area contributed by atoms with Gasteiger partial charge in [-0.2, -0.15) is 8.42 Å². The van der Waals surface area contributed by atoms with Gasteiger partial charge in [-0.25, -0.2) is 4.79 Å². The molecule has 1 fully saturated rings. The Hall–Kier alpha value is -2.54. The Kier molecular flexibility index (Phi) is 8.40. The van der Waals surface area contributed by atoms with E-state index in [9.17, 15) is 22.8 Å². The van der Waals surface area contributed by atoms with E-state index in [1.807, 2.05) is 18.2 Å². The van der Waals surface area contributed by atoms with Crippen molar-refractivity contribution in [1.29, 1.82) is 0 Å². The van der Waals surface area contributed by atoms with Crippen molar-refractivity contribution in [3.8, 4) is 0 Å². The van der Waals surface area contributed by atoms with Crippen LogP contribution in [0.25, 0.3) is 11.0 Å². The molecule has 0 bridgehead atoms. The Morgan fingerprint density at radius 2 is 1.73 bits per heavy atom. The lowest BCUT2D eigenvalue weighted by atomic mass is 10.1. The van der Waals surface area contributed by atoms with E-state index in [1.165, 1.54) is 9.13 Å². The predicted molar refractivity (Wildman–Crippen MR) is 119 cm³/mol. The minimum Gasteiger partial charge on any atom is -0.379 e. The molecule has 0 saturated carbocycles. The highest BCUT2D eigenvalue weighted by Gasteiger charge is 2.31.